The van der Waals surface area contributed by atoms with E-state index in [0.29, 0.717) is 4.83 Å². The van der Waals surface area contributed by atoms with Gasteiger partial charge in [0.15, 0.2) is 0 Å². The summed E-state index contributed by atoms with van der Waals surface area (Å²) in [6.45, 7) is 2.26. The molecule has 2 heteroatoms. The summed E-state index contributed by atoms with van der Waals surface area (Å²) in [5.74, 6) is 0.823. The monoisotopic (exact) mass is 330 g/mol. The molecule has 1 aliphatic rings. The topological polar surface area (TPSA) is 0 Å². The zero-order valence-corrected chi connectivity index (χ0v) is 12.1. The van der Waals surface area contributed by atoms with E-state index in [4.69, 9.17) is 0 Å². The summed E-state index contributed by atoms with van der Waals surface area (Å²) in [5.41, 5.74) is 3.09. The Labute approximate surface area is 109 Å². The molecule has 0 heterocycles. The highest BCUT2D eigenvalue weighted by molar-refractivity contribution is 9.10. The first kappa shape index (κ1) is 11.7. The molecule has 82 valence electrons. The van der Waals surface area contributed by atoms with Gasteiger partial charge in [0.1, 0.15) is 0 Å². The Morgan fingerprint density at radius 2 is 2.20 bits per heavy atom. The van der Waals surface area contributed by atoms with Crippen LogP contribution in [0.4, 0.5) is 0 Å². The number of aryl methyl sites for hydroxylation is 1. The summed E-state index contributed by atoms with van der Waals surface area (Å²) in [6.07, 6.45) is 5.04. The van der Waals surface area contributed by atoms with E-state index in [1.807, 2.05) is 0 Å². The lowest BCUT2D eigenvalue weighted by Gasteiger charge is -2.28. The van der Waals surface area contributed by atoms with Gasteiger partial charge in [0.05, 0.1) is 0 Å². The van der Waals surface area contributed by atoms with Gasteiger partial charge in [0, 0.05) is 9.30 Å². The van der Waals surface area contributed by atoms with Crippen LogP contribution >= 0.6 is 31.9 Å². The number of alkyl halides is 1. The SMILES string of the molecule is CCC(Br)C1CCc2cc(Br)ccc2C1. The van der Waals surface area contributed by atoms with Crippen LogP contribution in [0.5, 0.6) is 0 Å². The highest BCUT2D eigenvalue weighted by atomic mass is 79.9. The van der Waals surface area contributed by atoms with Crippen LogP contribution in [0.1, 0.15) is 30.9 Å². The number of hydrogen-bond donors (Lipinski definition) is 0. The summed E-state index contributed by atoms with van der Waals surface area (Å²) < 4.78 is 1.21. The van der Waals surface area contributed by atoms with Crippen molar-refractivity contribution < 1.29 is 0 Å². The Balaban J connectivity index is 2.16. The molecule has 2 rings (SSSR count). The second-order valence-corrected chi connectivity index (χ2v) is 6.43. The Morgan fingerprint density at radius 1 is 1.40 bits per heavy atom. The van der Waals surface area contributed by atoms with Crippen molar-refractivity contribution in [1.82, 2.24) is 0 Å². The van der Waals surface area contributed by atoms with E-state index in [9.17, 15) is 0 Å². The van der Waals surface area contributed by atoms with Crippen molar-refractivity contribution in [1.29, 1.82) is 0 Å². The molecule has 0 saturated carbocycles. The average Bonchev–Trinajstić information content (AvgIpc) is 2.27. The number of rotatable bonds is 2. The summed E-state index contributed by atoms with van der Waals surface area (Å²) in [4.78, 5) is 0.689. The van der Waals surface area contributed by atoms with Crippen molar-refractivity contribution in [2.75, 3.05) is 0 Å². The molecule has 0 spiro atoms. The van der Waals surface area contributed by atoms with Crippen LogP contribution in [-0.4, -0.2) is 4.83 Å². The molecule has 0 radical (unpaired) electrons. The van der Waals surface area contributed by atoms with E-state index in [0.717, 1.165) is 5.92 Å². The van der Waals surface area contributed by atoms with E-state index in [-0.39, 0.29) is 0 Å². The Hall–Kier alpha value is 0.180. The van der Waals surface area contributed by atoms with E-state index >= 15 is 0 Å². The Bertz CT molecular complexity index is 346. The van der Waals surface area contributed by atoms with Gasteiger partial charge >= 0.3 is 0 Å². The van der Waals surface area contributed by atoms with Crippen LogP contribution in [0.3, 0.4) is 0 Å². The van der Waals surface area contributed by atoms with Gasteiger partial charge in [-0.2, -0.15) is 0 Å². The third kappa shape index (κ3) is 2.65. The van der Waals surface area contributed by atoms with Crippen molar-refractivity contribution in [2.24, 2.45) is 5.92 Å². The zero-order chi connectivity index (χ0) is 10.8. The third-order valence-electron chi connectivity index (χ3n) is 3.34. The molecule has 1 aromatic rings. The van der Waals surface area contributed by atoms with Crippen molar-refractivity contribution in [2.45, 2.75) is 37.4 Å². The van der Waals surface area contributed by atoms with E-state index in [2.05, 4.69) is 57.0 Å². The first-order chi connectivity index (χ1) is 7.20. The fourth-order valence-corrected chi connectivity index (χ4v) is 3.25. The second kappa shape index (κ2) is 5.01. The maximum absolute atomic E-state index is 3.80. The van der Waals surface area contributed by atoms with Crippen molar-refractivity contribution in [3.63, 3.8) is 0 Å². The molecule has 2 atom stereocenters. The summed E-state index contributed by atoms with van der Waals surface area (Å²) >= 11 is 7.33. The van der Waals surface area contributed by atoms with Crippen molar-refractivity contribution in [3.05, 3.63) is 33.8 Å². The second-order valence-electron chi connectivity index (χ2n) is 4.34. The average molecular weight is 332 g/mol. The molecule has 0 nitrogen and oxygen atoms in total. The molecule has 0 amide bonds. The lowest BCUT2D eigenvalue weighted by molar-refractivity contribution is 0.439. The lowest BCUT2D eigenvalue weighted by atomic mass is 9.82. The zero-order valence-electron chi connectivity index (χ0n) is 8.97. The molecule has 1 aliphatic carbocycles. The minimum atomic E-state index is 0.689. The molecular formula is C13H16Br2. The van der Waals surface area contributed by atoms with E-state index < -0.39 is 0 Å². The predicted molar refractivity (Wildman–Crippen MR) is 72.7 cm³/mol. The van der Waals surface area contributed by atoms with Gasteiger partial charge in [-0.3, -0.25) is 0 Å². The summed E-state index contributed by atoms with van der Waals surface area (Å²) in [5, 5.41) is 0. The van der Waals surface area contributed by atoms with Crippen molar-refractivity contribution in [3.8, 4) is 0 Å². The third-order valence-corrected chi connectivity index (χ3v) is 5.22. The van der Waals surface area contributed by atoms with Crippen LogP contribution in [-0.2, 0) is 12.8 Å². The fraction of sp³-hybridized carbons (Fsp3) is 0.538. The minimum absolute atomic E-state index is 0.689. The number of halogens is 2. The van der Waals surface area contributed by atoms with Gasteiger partial charge in [0.2, 0.25) is 0 Å². The summed E-state index contributed by atoms with van der Waals surface area (Å²) in [7, 11) is 0. The molecule has 0 aliphatic heterocycles. The first-order valence-electron chi connectivity index (χ1n) is 5.62. The first-order valence-corrected chi connectivity index (χ1v) is 7.33. The Morgan fingerprint density at radius 3 is 2.93 bits per heavy atom. The van der Waals surface area contributed by atoms with E-state index in [1.165, 1.54) is 35.7 Å². The number of fused-ring (bicyclic) bond motifs is 1. The number of benzene rings is 1. The molecular weight excluding hydrogens is 316 g/mol. The molecule has 0 saturated heterocycles. The fourth-order valence-electron chi connectivity index (χ4n) is 2.39. The predicted octanol–water partition coefficient (Wildman–Crippen LogP) is 4.73. The van der Waals surface area contributed by atoms with Crippen LogP contribution in [0, 0.1) is 5.92 Å². The van der Waals surface area contributed by atoms with Crippen LogP contribution in [0.2, 0.25) is 0 Å². The molecule has 0 fully saturated rings. The van der Waals surface area contributed by atoms with Gasteiger partial charge in [-0.1, -0.05) is 44.8 Å². The van der Waals surface area contributed by atoms with Crippen LogP contribution in [0.15, 0.2) is 22.7 Å². The molecule has 15 heavy (non-hydrogen) atoms. The van der Waals surface area contributed by atoms with Crippen molar-refractivity contribution >= 4 is 31.9 Å². The van der Waals surface area contributed by atoms with Gasteiger partial charge in [-0.05, 0) is 54.9 Å². The lowest BCUT2D eigenvalue weighted by Crippen LogP contribution is -2.22. The van der Waals surface area contributed by atoms with Gasteiger partial charge in [-0.25, -0.2) is 0 Å². The normalized spacial score (nSPS) is 22.2. The molecule has 0 aromatic heterocycles. The van der Waals surface area contributed by atoms with Crippen LogP contribution < -0.4 is 0 Å². The highest BCUT2D eigenvalue weighted by Gasteiger charge is 2.23. The maximum Gasteiger partial charge on any atom is 0.0178 e. The molecule has 2 unspecified atom stereocenters. The molecule has 1 aromatic carbocycles. The maximum atomic E-state index is 3.80. The Kier molecular flexibility index (Phi) is 3.89. The summed E-state index contributed by atoms with van der Waals surface area (Å²) in [6, 6.07) is 6.72. The minimum Gasteiger partial charge on any atom is -0.0888 e. The van der Waals surface area contributed by atoms with Gasteiger partial charge < -0.3 is 0 Å². The van der Waals surface area contributed by atoms with Gasteiger partial charge in [-0.15, -0.1) is 0 Å². The number of hydrogen-bond acceptors (Lipinski definition) is 0. The smallest absolute Gasteiger partial charge is 0.0178 e. The molecule has 0 bridgehead atoms. The van der Waals surface area contributed by atoms with Crippen LogP contribution in [0.25, 0.3) is 0 Å². The molecule has 0 N–H and O–H groups in total. The van der Waals surface area contributed by atoms with Gasteiger partial charge in [0.25, 0.3) is 0 Å². The van der Waals surface area contributed by atoms with E-state index in [1.54, 1.807) is 5.56 Å². The highest BCUT2D eigenvalue weighted by Crippen LogP contribution is 2.32. The quantitative estimate of drug-likeness (QED) is 0.687. The largest absolute Gasteiger partial charge is 0.0888 e. The standard InChI is InChI=1S/C13H16Br2/c1-2-13(15)11-4-3-10-8-12(14)6-5-9(10)7-11/h5-6,8,11,13H,2-4,7H2,1H3.